The minimum atomic E-state index is -3.56. The van der Waals surface area contributed by atoms with Crippen LogP contribution in [0.1, 0.15) is 38.5 Å². The van der Waals surface area contributed by atoms with E-state index >= 15 is 0 Å². The van der Waals surface area contributed by atoms with Crippen molar-refractivity contribution < 1.29 is 13.5 Å². The maximum atomic E-state index is 12.6. The molecule has 4 nitrogen and oxygen atoms in total. The normalized spacial score (nSPS) is 33.0. The van der Waals surface area contributed by atoms with Crippen LogP contribution in [0.15, 0.2) is 16.3 Å². The second kappa shape index (κ2) is 5.81. The summed E-state index contributed by atoms with van der Waals surface area (Å²) in [6.45, 7) is 0.0574. The van der Waals surface area contributed by atoms with Crippen LogP contribution in [0.25, 0.3) is 0 Å². The highest BCUT2D eigenvalue weighted by atomic mass is 35.5. The van der Waals surface area contributed by atoms with Crippen molar-refractivity contribution in [1.29, 1.82) is 0 Å². The molecule has 7 heteroatoms. The second-order valence-electron chi connectivity index (χ2n) is 6.22. The van der Waals surface area contributed by atoms with E-state index in [4.69, 9.17) is 11.6 Å². The molecule has 0 aromatic carbocycles. The minimum absolute atomic E-state index is 0.0574. The summed E-state index contributed by atoms with van der Waals surface area (Å²) in [7, 11) is -3.56. The number of aliphatic hydroxyl groups is 1. The Labute approximate surface area is 134 Å². The first-order valence-electron chi connectivity index (χ1n) is 7.35. The average molecular weight is 350 g/mol. The third-order valence-electron chi connectivity index (χ3n) is 5.05. The predicted molar refractivity (Wildman–Crippen MR) is 84.1 cm³/mol. The lowest BCUT2D eigenvalue weighted by molar-refractivity contribution is 0.0963. The molecule has 1 heterocycles. The van der Waals surface area contributed by atoms with E-state index in [0.717, 1.165) is 49.9 Å². The maximum absolute atomic E-state index is 12.6. The van der Waals surface area contributed by atoms with Gasteiger partial charge in [0.15, 0.2) is 0 Å². The van der Waals surface area contributed by atoms with Gasteiger partial charge in [-0.2, -0.15) is 0 Å². The Hall–Kier alpha value is -0.140. The Kier molecular flexibility index (Phi) is 4.36. The standard InChI is InChI=1S/C14H20ClNO3S2/c15-11-4-5-12(20-11)21(18,19)16-13-10-3-1-2-7-14(13,9-17)8-6-10/h4-5,10,13,16-17H,1-3,6-9H2/t10-,13+,14+/m0/s1. The molecule has 1 aromatic heterocycles. The number of hydrogen-bond acceptors (Lipinski definition) is 4. The zero-order valence-electron chi connectivity index (χ0n) is 11.7. The summed E-state index contributed by atoms with van der Waals surface area (Å²) in [5, 5.41) is 9.88. The van der Waals surface area contributed by atoms with Crippen molar-refractivity contribution in [2.75, 3.05) is 6.61 Å². The van der Waals surface area contributed by atoms with Gasteiger partial charge in [0.25, 0.3) is 0 Å². The van der Waals surface area contributed by atoms with E-state index < -0.39 is 10.0 Å². The summed E-state index contributed by atoms with van der Waals surface area (Å²) < 4.78 is 28.7. The zero-order chi connectivity index (χ0) is 15.1. The van der Waals surface area contributed by atoms with Gasteiger partial charge in [-0.25, -0.2) is 13.1 Å². The molecular formula is C14H20ClNO3S2. The number of aliphatic hydroxyl groups excluding tert-OH is 1. The van der Waals surface area contributed by atoms with Crippen LogP contribution in [-0.4, -0.2) is 26.2 Å². The SMILES string of the molecule is O=S(=O)(N[C@@H]1[C@H]2CCCC[C@]1(CO)CC2)c1ccc(Cl)s1. The molecule has 2 bridgehead atoms. The van der Waals surface area contributed by atoms with Gasteiger partial charge in [-0.3, -0.25) is 0 Å². The topological polar surface area (TPSA) is 66.4 Å². The number of rotatable bonds is 4. The molecule has 0 radical (unpaired) electrons. The number of fused-ring (bicyclic) bond motifs is 2. The number of halogens is 1. The summed E-state index contributed by atoms with van der Waals surface area (Å²) in [6.07, 6.45) is 6.04. The number of thiophene rings is 1. The maximum Gasteiger partial charge on any atom is 0.250 e. The third-order valence-corrected chi connectivity index (χ3v) is 8.22. The average Bonchev–Trinajstić information content (AvgIpc) is 2.94. The molecule has 1 aromatic rings. The van der Waals surface area contributed by atoms with Crippen LogP contribution in [0.5, 0.6) is 0 Å². The van der Waals surface area contributed by atoms with Crippen LogP contribution in [0, 0.1) is 11.3 Å². The van der Waals surface area contributed by atoms with E-state index in [0.29, 0.717) is 10.3 Å². The van der Waals surface area contributed by atoms with Crippen molar-refractivity contribution in [2.24, 2.45) is 11.3 Å². The Morgan fingerprint density at radius 3 is 2.81 bits per heavy atom. The Morgan fingerprint density at radius 1 is 1.33 bits per heavy atom. The van der Waals surface area contributed by atoms with Gasteiger partial charge >= 0.3 is 0 Å². The van der Waals surface area contributed by atoms with E-state index in [2.05, 4.69) is 4.72 Å². The lowest BCUT2D eigenvalue weighted by atomic mass is 9.79. The Balaban J connectivity index is 1.89. The molecular weight excluding hydrogens is 330 g/mol. The van der Waals surface area contributed by atoms with Crippen LogP contribution < -0.4 is 4.72 Å². The lowest BCUT2D eigenvalue weighted by Crippen LogP contribution is -2.48. The lowest BCUT2D eigenvalue weighted by Gasteiger charge is -2.34. The van der Waals surface area contributed by atoms with Crippen LogP contribution in [0.3, 0.4) is 0 Å². The van der Waals surface area contributed by atoms with Gasteiger partial charge in [-0.1, -0.05) is 24.4 Å². The fraction of sp³-hybridized carbons (Fsp3) is 0.714. The van der Waals surface area contributed by atoms with Gasteiger partial charge in [0.1, 0.15) is 4.21 Å². The molecule has 118 valence electrons. The van der Waals surface area contributed by atoms with Crippen LogP contribution in [-0.2, 0) is 10.0 Å². The molecule has 3 rings (SSSR count). The summed E-state index contributed by atoms with van der Waals surface area (Å²) in [4.78, 5) is 0. The molecule has 0 amide bonds. The van der Waals surface area contributed by atoms with Crippen molar-refractivity contribution in [1.82, 2.24) is 4.72 Å². The van der Waals surface area contributed by atoms with Crippen molar-refractivity contribution in [3.8, 4) is 0 Å². The molecule has 2 N–H and O–H groups in total. The molecule has 2 saturated carbocycles. The highest BCUT2D eigenvalue weighted by molar-refractivity contribution is 7.91. The zero-order valence-corrected chi connectivity index (χ0v) is 14.1. The Bertz CT molecular complexity index is 615. The monoisotopic (exact) mass is 349 g/mol. The van der Waals surface area contributed by atoms with Crippen LogP contribution >= 0.6 is 22.9 Å². The number of nitrogens with one attached hydrogen (secondary N) is 1. The molecule has 2 fully saturated rings. The van der Waals surface area contributed by atoms with E-state index in [1.165, 1.54) is 0 Å². The quantitative estimate of drug-likeness (QED) is 0.878. The van der Waals surface area contributed by atoms with E-state index in [1.807, 2.05) is 0 Å². The van der Waals surface area contributed by atoms with Crippen LogP contribution in [0.4, 0.5) is 0 Å². The number of hydrogen-bond donors (Lipinski definition) is 2. The molecule has 2 aliphatic rings. The Morgan fingerprint density at radius 2 is 2.14 bits per heavy atom. The minimum Gasteiger partial charge on any atom is -0.396 e. The second-order valence-corrected chi connectivity index (χ2v) is 9.88. The van der Waals surface area contributed by atoms with E-state index in [9.17, 15) is 13.5 Å². The third kappa shape index (κ3) is 2.88. The fourth-order valence-electron chi connectivity index (χ4n) is 3.92. The van der Waals surface area contributed by atoms with E-state index in [-0.39, 0.29) is 22.3 Å². The first kappa shape index (κ1) is 15.7. The van der Waals surface area contributed by atoms with E-state index in [1.54, 1.807) is 12.1 Å². The van der Waals surface area contributed by atoms with Crippen molar-refractivity contribution in [3.63, 3.8) is 0 Å². The van der Waals surface area contributed by atoms with Gasteiger partial charge in [0, 0.05) is 11.5 Å². The molecule has 0 spiro atoms. The predicted octanol–water partition coefficient (Wildman–Crippen LogP) is 3.01. The van der Waals surface area contributed by atoms with Gasteiger partial charge in [-0.05, 0) is 43.7 Å². The summed E-state index contributed by atoms with van der Waals surface area (Å²) in [6, 6.07) is 2.99. The van der Waals surface area contributed by atoms with Crippen molar-refractivity contribution >= 4 is 33.0 Å². The fourth-order valence-corrected chi connectivity index (χ4v) is 6.82. The van der Waals surface area contributed by atoms with Crippen molar-refractivity contribution in [3.05, 3.63) is 16.5 Å². The largest absolute Gasteiger partial charge is 0.396 e. The van der Waals surface area contributed by atoms with Crippen LogP contribution in [0.2, 0.25) is 4.34 Å². The van der Waals surface area contributed by atoms with Gasteiger partial charge < -0.3 is 5.11 Å². The molecule has 2 aliphatic carbocycles. The highest BCUT2D eigenvalue weighted by Crippen LogP contribution is 2.50. The molecule has 0 saturated heterocycles. The molecule has 21 heavy (non-hydrogen) atoms. The van der Waals surface area contributed by atoms with Gasteiger partial charge in [-0.15, -0.1) is 11.3 Å². The summed E-state index contributed by atoms with van der Waals surface area (Å²) in [5.41, 5.74) is -0.282. The molecule has 0 unspecified atom stereocenters. The highest BCUT2D eigenvalue weighted by Gasteiger charge is 2.50. The summed E-state index contributed by atoms with van der Waals surface area (Å²) in [5.74, 6) is 0.338. The molecule has 0 aliphatic heterocycles. The smallest absolute Gasteiger partial charge is 0.250 e. The summed E-state index contributed by atoms with van der Waals surface area (Å²) >= 11 is 6.92. The van der Waals surface area contributed by atoms with Gasteiger partial charge in [0.2, 0.25) is 10.0 Å². The van der Waals surface area contributed by atoms with Gasteiger partial charge in [0.05, 0.1) is 10.9 Å². The first-order chi connectivity index (χ1) is 9.97. The molecule has 3 atom stereocenters. The first-order valence-corrected chi connectivity index (χ1v) is 10.0. The van der Waals surface area contributed by atoms with Crippen molar-refractivity contribution in [2.45, 2.75) is 48.8 Å². The number of sulfonamides is 1.